The second-order valence-corrected chi connectivity index (χ2v) is 22.5. The molecule has 0 saturated heterocycles. The van der Waals surface area contributed by atoms with Gasteiger partial charge in [0, 0.05) is 12.8 Å². The van der Waals surface area contributed by atoms with E-state index in [-0.39, 0.29) is 5.78 Å². The first-order valence-corrected chi connectivity index (χ1v) is 25.5. The van der Waals surface area contributed by atoms with E-state index in [0.717, 1.165) is 71.9 Å². The minimum Gasteiger partial charge on any atom is -0.300 e. The zero-order chi connectivity index (χ0) is 47.6. The molecule has 66 heavy (non-hydrogen) atoms. The molecule has 0 aliphatic carbocycles. The molecule has 6 aromatic carbocycles. The van der Waals surface area contributed by atoms with Crippen molar-refractivity contribution in [3.8, 4) is 0 Å². The number of carbonyl (C=O) groups excluding carboxylic acids is 1. The molecule has 1 nitrogen and oxygen atoms in total. The van der Waals surface area contributed by atoms with E-state index in [2.05, 4.69) is 229 Å². The van der Waals surface area contributed by atoms with Crippen molar-refractivity contribution in [2.45, 2.75) is 145 Å². The lowest BCUT2D eigenvalue weighted by atomic mass is 9.62. The van der Waals surface area contributed by atoms with Crippen LogP contribution < -0.4 is 0 Å². The summed E-state index contributed by atoms with van der Waals surface area (Å²) in [5.74, 6) is 3.55. The number of hydrogen-bond acceptors (Lipinski definition) is 1. The quantitative estimate of drug-likeness (QED) is 0.0621. The molecule has 0 aliphatic heterocycles. The largest absolute Gasteiger partial charge is 0.300 e. The highest BCUT2D eigenvalue weighted by atomic mass is 16.1. The molecule has 0 aromatic heterocycles. The number of Topliss-reactive ketones (excluding diaryl/α,β-unsaturated/α-hetero) is 1. The van der Waals surface area contributed by atoms with Crippen molar-refractivity contribution in [3.63, 3.8) is 0 Å². The summed E-state index contributed by atoms with van der Waals surface area (Å²) < 4.78 is 0. The van der Waals surface area contributed by atoms with Crippen LogP contribution >= 0.6 is 0 Å². The Balaban J connectivity index is 1.60. The van der Waals surface area contributed by atoms with Crippen LogP contribution in [0.3, 0.4) is 0 Å². The maximum absolute atomic E-state index is 16.2. The van der Waals surface area contributed by atoms with Crippen LogP contribution in [0.4, 0.5) is 0 Å². The summed E-state index contributed by atoms with van der Waals surface area (Å²) in [5.41, 5.74) is 13.5. The van der Waals surface area contributed by atoms with Crippen LogP contribution in [0.1, 0.15) is 163 Å². The van der Waals surface area contributed by atoms with E-state index in [9.17, 15) is 0 Å². The van der Waals surface area contributed by atoms with Crippen LogP contribution in [-0.2, 0) is 54.1 Å². The van der Waals surface area contributed by atoms with E-state index < -0.39 is 10.8 Å². The fraction of sp³-hybridized carbons (Fsp3) is 0.431. The van der Waals surface area contributed by atoms with Crippen LogP contribution in [0.5, 0.6) is 0 Å². The SMILES string of the molecule is CC(C)Cc1ccc(C(CC(=O)CC(c2ccc(CC(C)C)cc2)(c2ccc(CC(C)C)cc2)c2ccc(CC(C)C)cc2)(c2ccc(CC(C)C)cc2)c2ccc(CC(C)C)cc2)cc1. The van der Waals surface area contributed by atoms with Crippen LogP contribution in [0, 0.1) is 35.5 Å². The van der Waals surface area contributed by atoms with Gasteiger partial charge in [0.05, 0.1) is 10.8 Å². The predicted octanol–water partition coefficient (Wildman–Crippen LogP) is 16.6. The molecule has 0 unspecified atom stereocenters. The van der Waals surface area contributed by atoms with Gasteiger partial charge in [0.15, 0.2) is 0 Å². The monoisotopic (exact) mass is 879 g/mol. The van der Waals surface area contributed by atoms with Crippen molar-refractivity contribution in [2.24, 2.45) is 35.5 Å². The average Bonchev–Trinajstić information content (AvgIpc) is 3.25. The van der Waals surface area contributed by atoms with E-state index in [1.54, 1.807) is 0 Å². The van der Waals surface area contributed by atoms with E-state index in [1.165, 1.54) is 33.4 Å². The van der Waals surface area contributed by atoms with E-state index in [4.69, 9.17) is 0 Å². The molecule has 0 bridgehead atoms. The van der Waals surface area contributed by atoms with Crippen molar-refractivity contribution in [2.75, 3.05) is 0 Å². The Kier molecular flexibility index (Phi) is 17.3. The van der Waals surface area contributed by atoms with Crippen LogP contribution in [0.25, 0.3) is 0 Å². The Hall–Kier alpha value is -5.01. The number of benzene rings is 6. The van der Waals surface area contributed by atoms with Gasteiger partial charge in [-0.15, -0.1) is 0 Å². The molecule has 6 rings (SSSR count). The molecule has 0 spiro atoms. The van der Waals surface area contributed by atoms with Gasteiger partial charge in [-0.3, -0.25) is 4.79 Å². The van der Waals surface area contributed by atoms with Crippen LogP contribution in [-0.4, -0.2) is 5.78 Å². The third-order valence-corrected chi connectivity index (χ3v) is 13.5. The molecule has 0 amide bonds. The van der Waals surface area contributed by atoms with Gasteiger partial charge in [-0.05, 0) is 141 Å². The Morgan fingerprint density at radius 2 is 0.409 bits per heavy atom. The van der Waals surface area contributed by atoms with Crippen LogP contribution in [0.15, 0.2) is 146 Å². The number of rotatable bonds is 22. The topological polar surface area (TPSA) is 17.1 Å². The van der Waals surface area contributed by atoms with Gasteiger partial charge in [-0.25, -0.2) is 0 Å². The highest BCUT2D eigenvalue weighted by Gasteiger charge is 2.44. The smallest absolute Gasteiger partial charge is 0.136 e. The first kappa shape index (κ1) is 50.4. The molecule has 0 saturated carbocycles. The molecule has 0 aliphatic rings. The second-order valence-electron chi connectivity index (χ2n) is 22.5. The zero-order valence-electron chi connectivity index (χ0n) is 42.9. The lowest BCUT2D eigenvalue weighted by molar-refractivity contribution is -0.120. The highest BCUT2D eigenvalue weighted by molar-refractivity contribution is 5.85. The highest BCUT2D eigenvalue weighted by Crippen LogP contribution is 2.48. The molecule has 0 radical (unpaired) electrons. The van der Waals surface area contributed by atoms with Crippen molar-refractivity contribution in [3.05, 3.63) is 212 Å². The first-order valence-electron chi connectivity index (χ1n) is 25.5. The first-order chi connectivity index (χ1) is 31.5. The van der Waals surface area contributed by atoms with Gasteiger partial charge in [0.1, 0.15) is 5.78 Å². The third kappa shape index (κ3) is 12.7. The molecule has 0 heterocycles. The summed E-state index contributed by atoms with van der Waals surface area (Å²) >= 11 is 0. The van der Waals surface area contributed by atoms with Gasteiger partial charge in [-0.1, -0.05) is 229 Å². The number of carbonyl (C=O) groups is 1. The summed E-state index contributed by atoms with van der Waals surface area (Å²) in [6.07, 6.45) is 6.76. The minimum absolute atomic E-state index is 0.238. The average molecular weight is 879 g/mol. The van der Waals surface area contributed by atoms with Gasteiger partial charge in [-0.2, -0.15) is 0 Å². The van der Waals surface area contributed by atoms with Crippen LogP contribution in [0.2, 0.25) is 0 Å². The molecule has 6 aromatic rings. The molecule has 1 heteroatoms. The molecule has 0 fully saturated rings. The van der Waals surface area contributed by atoms with Crippen molar-refractivity contribution < 1.29 is 4.79 Å². The maximum Gasteiger partial charge on any atom is 0.136 e. The predicted molar refractivity (Wildman–Crippen MR) is 284 cm³/mol. The number of hydrogen-bond donors (Lipinski definition) is 0. The fourth-order valence-corrected chi connectivity index (χ4v) is 10.6. The Labute approximate surface area is 401 Å². The summed E-state index contributed by atoms with van der Waals surface area (Å²) in [5, 5.41) is 0. The summed E-state index contributed by atoms with van der Waals surface area (Å²) in [7, 11) is 0. The summed E-state index contributed by atoms with van der Waals surface area (Å²) in [4.78, 5) is 16.2. The Morgan fingerprint density at radius 1 is 0.273 bits per heavy atom. The number of ketones is 1. The molecule has 348 valence electrons. The van der Waals surface area contributed by atoms with Gasteiger partial charge in [0.25, 0.3) is 0 Å². The van der Waals surface area contributed by atoms with E-state index in [1.807, 2.05) is 0 Å². The van der Waals surface area contributed by atoms with Gasteiger partial charge >= 0.3 is 0 Å². The minimum atomic E-state index is -0.727. The lowest BCUT2D eigenvalue weighted by Gasteiger charge is -2.39. The molecular formula is C65H82O. The maximum atomic E-state index is 16.2. The van der Waals surface area contributed by atoms with Gasteiger partial charge < -0.3 is 0 Å². The molecule has 0 N–H and O–H groups in total. The van der Waals surface area contributed by atoms with E-state index >= 15 is 4.79 Å². The Bertz CT molecular complexity index is 1950. The molecular weight excluding hydrogens is 797 g/mol. The Morgan fingerprint density at radius 3 is 0.530 bits per heavy atom. The van der Waals surface area contributed by atoms with Gasteiger partial charge in [0.2, 0.25) is 0 Å². The fourth-order valence-electron chi connectivity index (χ4n) is 10.6. The van der Waals surface area contributed by atoms with E-state index in [0.29, 0.717) is 48.3 Å². The molecule has 0 atom stereocenters. The normalized spacial score (nSPS) is 12.4. The third-order valence-electron chi connectivity index (χ3n) is 13.5. The zero-order valence-corrected chi connectivity index (χ0v) is 42.9. The lowest BCUT2D eigenvalue weighted by Crippen LogP contribution is -2.37. The standard InChI is InChI=1S/C65H82O/c1-45(2)37-51-13-25-57(26-14-51)64(58-27-15-52(16-28-58)38-46(3)4,59-29-17-53(18-30-59)39-47(5)6)43-63(66)44-65(60-31-19-54(20-32-60)40-48(7)8,61-33-21-55(22-34-61)41-49(9)10)62-35-23-56(24-36-62)42-50(11)12/h13-36,45-50H,37-44H2,1-12H3. The van der Waals surface area contributed by atoms with Crippen molar-refractivity contribution in [1.82, 2.24) is 0 Å². The second kappa shape index (κ2) is 22.7. The van der Waals surface area contributed by atoms with Crippen molar-refractivity contribution >= 4 is 5.78 Å². The van der Waals surface area contributed by atoms with Crippen molar-refractivity contribution in [1.29, 1.82) is 0 Å². The summed E-state index contributed by atoms with van der Waals surface area (Å²) in [6, 6.07) is 55.7. The summed E-state index contributed by atoms with van der Waals surface area (Å²) in [6.45, 7) is 27.4.